The predicted molar refractivity (Wildman–Crippen MR) is 360 cm³/mol. The number of hydrogen-bond acceptors (Lipinski definition) is 4. The highest BCUT2D eigenvalue weighted by Gasteiger charge is 2.37. The molecule has 11 heteroatoms. The number of benzene rings is 10. The lowest BCUT2D eigenvalue weighted by molar-refractivity contribution is -0.137. The lowest BCUT2D eigenvalue weighted by Crippen LogP contribution is -2.12. The summed E-state index contributed by atoms with van der Waals surface area (Å²) in [4.78, 5) is 19.6. The second-order valence-corrected chi connectivity index (χ2v) is 22.7. The van der Waals surface area contributed by atoms with Crippen molar-refractivity contribution in [3.05, 3.63) is 315 Å². The van der Waals surface area contributed by atoms with Crippen molar-refractivity contribution in [1.82, 2.24) is 29.1 Å². The largest absolute Gasteiger partial charge is 0.417 e. The van der Waals surface area contributed by atoms with E-state index in [1.807, 2.05) is 240 Å². The van der Waals surface area contributed by atoms with Gasteiger partial charge in [-0.25, -0.2) is 8.78 Å². The Morgan fingerprint density at radius 3 is 0.837 bits per heavy atom. The Morgan fingerprint density at radius 2 is 0.543 bits per heavy atom. The summed E-state index contributed by atoms with van der Waals surface area (Å²) in [5.41, 5.74) is 13.8. The minimum Gasteiger partial charge on any atom is -0.307 e. The van der Waals surface area contributed by atoms with Gasteiger partial charge in [0.15, 0.2) is 0 Å². The van der Waals surface area contributed by atoms with Crippen molar-refractivity contribution >= 4 is 43.6 Å². The monoisotopic (exact) mass is 1200 g/mol. The Labute approximate surface area is 525 Å². The van der Waals surface area contributed by atoms with E-state index in [2.05, 4.69) is 12.1 Å². The first-order valence-electron chi connectivity index (χ1n) is 30.0. The zero-order valence-corrected chi connectivity index (χ0v) is 48.9. The molecule has 92 heavy (non-hydrogen) atoms. The van der Waals surface area contributed by atoms with E-state index < -0.39 is 28.9 Å². The molecule has 6 heterocycles. The fourth-order valence-electron chi connectivity index (χ4n) is 13.2. The van der Waals surface area contributed by atoms with E-state index in [1.54, 1.807) is 24.8 Å². The minimum atomic E-state index is -5.06. The van der Waals surface area contributed by atoms with Crippen LogP contribution in [0.3, 0.4) is 0 Å². The van der Waals surface area contributed by atoms with Gasteiger partial charge in [-0.15, -0.1) is 0 Å². The molecule has 0 saturated heterocycles. The van der Waals surface area contributed by atoms with Gasteiger partial charge in [0, 0.05) is 96.9 Å². The quantitative estimate of drug-likeness (QED) is 0.121. The van der Waals surface area contributed by atoms with Crippen LogP contribution in [0.1, 0.15) is 5.56 Å². The molecular weight excluding hydrogens is 1150 g/mol. The van der Waals surface area contributed by atoms with E-state index in [1.165, 1.54) is 6.07 Å². The van der Waals surface area contributed by atoms with E-state index in [-0.39, 0.29) is 16.9 Å². The molecule has 0 fully saturated rings. The van der Waals surface area contributed by atoms with Crippen molar-refractivity contribution in [2.24, 2.45) is 0 Å². The number of hydrogen-bond donors (Lipinski definition) is 0. The Bertz CT molecular complexity index is 5230. The number of aromatic nitrogens is 6. The maximum Gasteiger partial charge on any atom is 0.417 e. The molecule has 0 radical (unpaired) electrons. The Morgan fingerprint density at radius 1 is 0.250 bits per heavy atom. The summed E-state index contributed by atoms with van der Waals surface area (Å²) in [6.45, 7) is 0. The maximum absolute atomic E-state index is 16.8. The summed E-state index contributed by atoms with van der Waals surface area (Å²) < 4.78 is 85.8. The van der Waals surface area contributed by atoms with Gasteiger partial charge in [0.05, 0.1) is 61.8 Å². The summed E-state index contributed by atoms with van der Waals surface area (Å²) in [5.74, 6) is -2.06. The molecule has 0 aliphatic rings. The molecule has 0 amide bonds. The zero-order chi connectivity index (χ0) is 62.0. The van der Waals surface area contributed by atoms with Crippen molar-refractivity contribution in [2.75, 3.05) is 0 Å². The van der Waals surface area contributed by atoms with Crippen LogP contribution in [0.4, 0.5) is 22.0 Å². The first-order valence-corrected chi connectivity index (χ1v) is 30.0. The number of fused-ring (bicyclic) bond motifs is 6. The summed E-state index contributed by atoms with van der Waals surface area (Å²) in [5, 5.41) is 3.10. The van der Waals surface area contributed by atoms with Crippen LogP contribution < -0.4 is 0 Å². The second-order valence-electron chi connectivity index (χ2n) is 22.7. The average molecular weight is 1200 g/mol. The van der Waals surface area contributed by atoms with Crippen LogP contribution in [0.2, 0.25) is 0 Å². The van der Waals surface area contributed by atoms with E-state index in [4.69, 9.17) is 19.9 Å². The number of alkyl halides is 3. The van der Waals surface area contributed by atoms with E-state index in [0.717, 1.165) is 129 Å². The van der Waals surface area contributed by atoms with Gasteiger partial charge in [0.2, 0.25) is 0 Å². The molecule has 0 unspecified atom stereocenters. The average Bonchev–Trinajstić information content (AvgIpc) is 1.54. The molecule has 6 nitrogen and oxygen atoms in total. The summed E-state index contributed by atoms with van der Waals surface area (Å²) >= 11 is 0. The molecule has 438 valence electrons. The summed E-state index contributed by atoms with van der Waals surface area (Å²) in [6.07, 6.45) is 1.94. The highest BCUT2D eigenvalue weighted by atomic mass is 19.4. The van der Waals surface area contributed by atoms with Crippen LogP contribution in [0.5, 0.6) is 0 Å². The Hall–Kier alpha value is -12.0. The molecule has 16 rings (SSSR count). The predicted octanol–water partition coefficient (Wildman–Crippen LogP) is 21.8. The highest BCUT2D eigenvalue weighted by molar-refractivity contribution is 6.14. The SMILES string of the molecule is Fc1cc(F)cc(-c2cc(-n3c4cc(-c5cccnc5-c5ccccc5)ccc4c4ccc(-c5cccnc5-c5ccccc5)cc43)c(-n3c4cc(-c5cccnc5-c5ccccc5)ccc4c4ccc(-c5cccnc5-c5ccccc5)cc43)cc2C(F)(F)F)c1. The third kappa shape index (κ3) is 9.75. The smallest absolute Gasteiger partial charge is 0.307 e. The molecule has 0 saturated carbocycles. The first kappa shape index (κ1) is 55.4. The van der Waals surface area contributed by atoms with Crippen molar-refractivity contribution < 1.29 is 22.0 Å². The van der Waals surface area contributed by atoms with Gasteiger partial charge in [-0.2, -0.15) is 13.2 Å². The molecule has 0 N–H and O–H groups in total. The lowest BCUT2D eigenvalue weighted by atomic mass is 9.96. The van der Waals surface area contributed by atoms with Gasteiger partial charge in [-0.3, -0.25) is 19.9 Å². The van der Waals surface area contributed by atoms with Gasteiger partial charge in [0.25, 0.3) is 0 Å². The third-order valence-electron chi connectivity index (χ3n) is 17.3. The van der Waals surface area contributed by atoms with Gasteiger partial charge in [-0.1, -0.05) is 194 Å². The van der Waals surface area contributed by atoms with E-state index >= 15 is 22.0 Å². The maximum atomic E-state index is 16.8. The van der Waals surface area contributed by atoms with Gasteiger partial charge in [-0.05, 0) is 106 Å². The Balaban J connectivity index is 1.07. The number of halogens is 5. The van der Waals surface area contributed by atoms with E-state index in [0.29, 0.717) is 28.1 Å². The van der Waals surface area contributed by atoms with Gasteiger partial charge in [0.1, 0.15) is 11.6 Å². The van der Waals surface area contributed by atoms with Crippen molar-refractivity contribution in [3.63, 3.8) is 0 Å². The topological polar surface area (TPSA) is 61.4 Å². The molecule has 6 aromatic heterocycles. The molecule has 0 spiro atoms. The van der Waals surface area contributed by atoms with Crippen LogP contribution >= 0.6 is 0 Å². The van der Waals surface area contributed by atoms with Crippen molar-refractivity contribution in [3.8, 4) is 112 Å². The highest BCUT2D eigenvalue weighted by Crippen LogP contribution is 2.48. The molecule has 10 aromatic carbocycles. The van der Waals surface area contributed by atoms with Gasteiger partial charge >= 0.3 is 6.18 Å². The van der Waals surface area contributed by atoms with Crippen molar-refractivity contribution in [1.29, 1.82) is 0 Å². The van der Waals surface area contributed by atoms with Crippen LogP contribution in [-0.2, 0) is 6.18 Å². The molecule has 0 aliphatic carbocycles. The Kier molecular flexibility index (Phi) is 13.6. The molecular formula is C81H49F5N6. The lowest BCUT2D eigenvalue weighted by Gasteiger charge is -2.23. The normalized spacial score (nSPS) is 11.8. The number of nitrogens with zero attached hydrogens (tertiary/aromatic N) is 6. The standard InChI is InChI=1S/C81H49F5N6/c82-59-41-58(42-60(83)47-59)69-48-75(91-71-43-54(61-25-13-37-87-77(61)50-17-5-1-6-18-50)29-33-65(71)66-34-30-55(44-72(66)91)62-26-14-38-88-78(62)51-19-7-2-8-20-51)76(49-70(69)81(84,85)86)92-73-45-56(63-27-15-39-89-79(63)52-21-9-3-10-22-52)31-35-67(73)68-36-32-57(46-74(68)92)64-28-16-40-90-80(64)53-23-11-4-12-24-53/h1-49H. The molecule has 0 aliphatic heterocycles. The number of pyridine rings is 4. The number of rotatable bonds is 11. The molecule has 16 aromatic rings. The van der Waals surface area contributed by atoms with Crippen LogP contribution in [-0.4, -0.2) is 29.1 Å². The molecule has 0 atom stereocenters. The third-order valence-corrected chi connectivity index (χ3v) is 17.3. The molecule has 0 bridgehead atoms. The van der Waals surface area contributed by atoms with Crippen LogP contribution in [0, 0.1) is 11.6 Å². The van der Waals surface area contributed by atoms with Gasteiger partial charge < -0.3 is 9.13 Å². The van der Waals surface area contributed by atoms with Crippen LogP contribution in [0.15, 0.2) is 298 Å². The summed E-state index contributed by atoms with van der Waals surface area (Å²) in [6, 6.07) is 84.7. The zero-order valence-electron chi connectivity index (χ0n) is 48.9. The fourth-order valence-corrected chi connectivity index (χ4v) is 13.2. The fraction of sp³-hybridized carbons (Fsp3) is 0.0123. The summed E-state index contributed by atoms with van der Waals surface area (Å²) in [7, 11) is 0. The second kappa shape index (κ2) is 22.6. The first-order chi connectivity index (χ1) is 45.1. The minimum absolute atomic E-state index is 0.128. The van der Waals surface area contributed by atoms with Crippen molar-refractivity contribution in [2.45, 2.75) is 6.18 Å². The van der Waals surface area contributed by atoms with Crippen LogP contribution in [0.25, 0.3) is 156 Å². The van der Waals surface area contributed by atoms with E-state index in [9.17, 15) is 0 Å².